The van der Waals surface area contributed by atoms with Crippen LogP contribution in [0.1, 0.15) is 5.56 Å². The number of halogens is 2. The highest BCUT2D eigenvalue weighted by molar-refractivity contribution is 9.10. The van der Waals surface area contributed by atoms with Gasteiger partial charge in [-0.15, -0.1) is 0 Å². The van der Waals surface area contributed by atoms with Gasteiger partial charge in [0.05, 0.1) is 11.6 Å². The zero-order valence-corrected chi connectivity index (χ0v) is 15.2. The zero-order valence-electron chi connectivity index (χ0n) is 12.0. The Morgan fingerprint density at radius 3 is 2.64 bits per heavy atom. The van der Waals surface area contributed by atoms with Gasteiger partial charge in [0.1, 0.15) is 12.4 Å². The van der Waals surface area contributed by atoms with Crippen LogP contribution in [0.25, 0.3) is 0 Å². The molecule has 0 aromatic heterocycles. The Bertz CT molecular complexity index is 649. The predicted molar refractivity (Wildman–Crippen MR) is 100 cm³/mol. The molecule has 0 saturated carbocycles. The highest BCUT2D eigenvalue weighted by atomic mass is 79.9. The molecule has 6 heteroatoms. The number of ether oxygens (including phenoxy) is 1. The first kappa shape index (κ1) is 17.1. The first-order chi connectivity index (χ1) is 10.5. The van der Waals surface area contributed by atoms with Crippen molar-refractivity contribution in [2.45, 2.75) is 6.92 Å². The predicted octanol–water partition coefficient (Wildman–Crippen LogP) is 4.78. The lowest BCUT2D eigenvalue weighted by molar-refractivity contribution is 0.322. The Morgan fingerprint density at radius 2 is 1.95 bits per heavy atom. The largest absolute Gasteiger partial charge is 0.492 e. The Balaban J connectivity index is 1.71. The van der Waals surface area contributed by atoms with Crippen molar-refractivity contribution < 1.29 is 4.74 Å². The first-order valence-corrected chi connectivity index (χ1v) is 8.32. The van der Waals surface area contributed by atoms with Gasteiger partial charge in [-0.3, -0.25) is 0 Å². The summed E-state index contributed by atoms with van der Waals surface area (Å²) in [4.78, 5) is 0. The van der Waals surface area contributed by atoms with Crippen molar-refractivity contribution in [3.05, 3.63) is 57.5 Å². The Hall–Kier alpha value is -1.30. The van der Waals surface area contributed by atoms with Crippen LogP contribution in [0.2, 0.25) is 5.02 Å². The molecule has 2 aromatic carbocycles. The van der Waals surface area contributed by atoms with Gasteiger partial charge in [-0.1, -0.05) is 29.3 Å². The molecule has 0 unspecified atom stereocenters. The van der Waals surface area contributed by atoms with Gasteiger partial charge in [-0.05, 0) is 65.4 Å². The minimum atomic E-state index is 0.533. The number of aryl methyl sites for hydroxylation is 1. The number of benzene rings is 2. The molecule has 0 atom stereocenters. The van der Waals surface area contributed by atoms with Crippen LogP contribution in [0.15, 0.2) is 46.9 Å². The van der Waals surface area contributed by atoms with E-state index in [1.165, 1.54) is 5.56 Å². The van der Waals surface area contributed by atoms with E-state index in [1.807, 2.05) is 49.4 Å². The van der Waals surface area contributed by atoms with Crippen molar-refractivity contribution in [1.29, 1.82) is 0 Å². The molecule has 0 aliphatic carbocycles. The summed E-state index contributed by atoms with van der Waals surface area (Å²) in [6.45, 7) is 3.19. The highest BCUT2D eigenvalue weighted by Crippen LogP contribution is 2.25. The summed E-state index contributed by atoms with van der Waals surface area (Å²) >= 11 is 14.6. The topological polar surface area (TPSA) is 33.3 Å². The molecule has 2 aromatic rings. The molecule has 0 aliphatic rings. The van der Waals surface area contributed by atoms with Crippen molar-refractivity contribution in [2.75, 3.05) is 18.5 Å². The molecule has 3 nitrogen and oxygen atoms in total. The third-order valence-corrected chi connectivity index (χ3v) is 4.33. The summed E-state index contributed by atoms with van der Waals surface area (Å²) in [5.74, 6) is 0.853. The smallest absolute Gasteiger partial charge is 0.170 e. The highest BCUT2D eigenvalue weighted by Gasteiger charge is 2.01. The number of hydrogen-bond donors (Lipinski definition) is 2. The van der Waals surface area contributed by atoms with Gasteiger partial charge in [0, 0.05) is 10.2 Å². The lowest BCUT2D eigenvalue weighted by atomic mass is 10.2. The second kappa shape index (κ2) is 8.36. The zero-order chi connectivity index (χ0) is 15.9. The number of thiocarbonyl (C=S) groups is 1. The second-order valence-electron chi connectivity index (χ2n) is 4.67. The fourth-order valence-corrected chi connectivity index (χ4v) is 2.36. The van der Waals surface area contributed by atoms with Gasteiger partial charge >= 0.3 is 0 Å². The van der Waals surface area contributed by atoms with Gasteiger partial charge < -0.3 is 15.4 Å². The second-order valence-corrected chi connectivity index (χ2v) is 6.34. The van der Waals surface area contributed by atoms with Crippen LogP contribution in [-0.2, 0) is 0 Å². The molecule has 0 heterocycles. The van der Waals surface area contributed by atoms with E-state index in [-0.39, 0.29) is 0 Å². The van der Waals surface area contributed by atoms with Crippen LogP contribution in [0.3, 0.4) is 0 Å². The van der Waals surface area contributed by atoms with E-state index < -0.39 is 0 Å². The number of hydrogen-bond acceptors (Lipinski definition) is 2. The average molecular weight is 400 g/mol. The molecule has 22 heavy (non-hydrogen) atoms. The quantitative estimate of drug-likeness (QED) is 0.560. The third-order valence-electron chi connectivity index (χ3n) is 2.85. The van der Waals surface area contributed by atoms with Crippen molar-refractivity contribution in [2.24, 2.45) is 0 Å². The molecule has 0 spiro atoms. The summed E-state index contributed by atoms with van der Waals surface area (Å²) in [5.41, 5.74) is 2.05. The van der Waals surface area contributed by atoms with Crippen LogP contribution in [0, 0.1) is 6.92 Å². The summed E-state index contributed by atoms with van der Waals surface area (Å²) < 4.78 is 6.47. The van der Waals surface area contributed by atoms with Crippen LogP contribution in [-0.4, -0.2) is 18.3 Å². The Kier molecular flexibility index (Phi) is 6.49. The van der Waals surface area contributed by atoms with Crippen LogP contribution >= 0.6 is 39.7 Å². The molecular formula is C16H16BrClN2OS. The molecule has 0 aliphatic heterocycles. The molecule has 0 radical (unpaired) electrons. The molecule has 0 fully saturated rings. The maximum absolute atomic E-state index is 6.03. The fourth-order valence-electron chi connectivity index (χ4n) is 1.72. The van der Waals surface area contributed by atoms with Gasteiger partial charge in [0.15, 0.2) is 5.11 Å². The Morgan fingerprint density at radius 1 is 1.23 bits per heavy atom. The standard InChI is InChI=1S/C16H16BrClN2OS/c1-11-2-5-13(6-3-11)21-9-8-19-16(22)20-12-4-7-14(17)15(18)10-12/h2-7,10H,8-9H2,1H3,(H2,19,20,22). The number of rotatable bonds is 5. The summed E-state index contributed by atoms with van der Waals surface area (Å²) in [6.07, 6.45) is 0. The van der Waals surface area contributed by atoms with E-state index in [1.54, 1.807) is 0 Å². The molecule has 2 N–H and O–H groups in total. The lowest BCUT2D eigenvalue weighted by Crippen LogP contribution is -2.31. The maximum atomic E-state index is 6.03. The Labute approximate surface area is 149 Å². The van der Waals surface area contributed by atoms with Crippen molar-refractivity contribution in [3.63, 3.8) is 0 Å². The number of anilines is 1. The molecule has 0 bridgehead atoms. The third kappa shape index (κ3) is 5.48. The molecule has 116 valence electrons. The normalized spacial score (nSPS) is 10.1. The van der Waals surface area contributed by atoms with E-state index in [2.05, 4.69) is 26.6 Å². The van der Waals surface area contributed by atoms with Crippen molar-refractivity contribution >= 4 is 50.5 Å². The van der Waals surface area contributed by atoms with E-state index in [4.69, 9.17) is 28.6 Å². The van der Waals surface area contributed by atoms with Crippen LogP contribution < -0.4 is 15.4 Å². The maximum Gasteiger partial charge on any atom is 0.170 e. The van der Waals surface area contributed by atoms with Crippen LogP contribution in [0.4, 0.5) is 5.69 Å². The van der Waals surface area contributed by atoms with E-state index in [0.29, 0.717) is 23.3 Å². The van der Waals surface area contributed by atoms with Gasteiger partial charge in [0.2, 0.25) is 0 Å². The van der Waals surface area contributed by atoms with E-state index in [9.17, 15) is 0 Å². The molecule has 0 saturated heterocycles. The van der Waals surface area contributed by atoms with Crippen molar-refractivity contribution in [3.8, 4) is 5.75 Å². The molecular weight excluding hydrogens is 384 g/mol. The summed E-state index contributed by atoms with van der Waals surface area (Å²) in [7, 11) is 0. The molecule has 0 amide bonds. The van der Waals surface area contributed by atoms with E-state index >= 15 is 0 Å². The minimum Gasteiger partial charge on any atom is -0.492 e. The SMILES string of the molecule is Cc1ccc(OCCNC(=S)Nc2ccc(Br)c(Cl)c2)cc1. The van der Waals surface area contributed by atoms with Gasteiger partial charge in [-0.25, -0.2) is 0 Å². The first-order valence-electron chi connectivity index (χ1n) is 6.74. The van der Waals surface area contributed by atoms with E-state index in [0.717, 1.165) is 15.9 Å². The number of nitrogens with one attached hydrogen (secondary N) is 2. The average Bonchev–Trinajstić information content (AvgIpc) is 2.49. The summed E-state index contributed by atoms with van der Waals surface area (Å²) in [6, 6.07) is 13.5. The summed E-state index contributed by atoms with van der Waals surface area (Å²) in [5, 5.41) is 7.33. The monoisotopic (exact) mass is 398 g/mol. The van der Waals surface area contributed by atoms with Crippen molar-refractivity contribution in [1.82, 2.24) is 5.32 Å². The van der Waals surface area contributed by atoms with Gasteiger partial charge in [0.25, 0.3) is 0 Å². The fraction of sp³-hybridized carbons (Fsp3) is 0.188. The van der Waals surface area contributed by atoms with Crippen LogP contribution in [0.5, 0.6) is 5.75 Å². The molecule has 2 rings (SSSR count). The van der Waals surface area contributed by atoms with Gasteiger partial charge in [-0.2, -0.15) is 0 Å². The minimum absolute atomic E-state index is 0.533. The lowest BCUT2D eigenvalue weighted by Gasteiger charge is -2.12.